The standard InChI is InChI=1S/C15H10ClFO2/c1-8-3-2-4-9-5-14(19-15(8)9)10-6-11(16)12(17)7-13(10)18/h2-7,18H,1H3. The van der Waals surface area contributed by atoms with Crippen molar-refractivity contribution in [2.75, 3.05) is 0 Å². The van der Waals surface area contributed by atoms with Gasteiger partial charge in [-0.1, -0.05) is 29.8 Å². The fraction of sp³-hybridized carbons (Fsp3) is 0.0667. The molecular formula is C15H10ClFO2. The third-order valence-electron chi connectivity index (χ3n) is 3.05. The van der Waals surface area contributed by atoms with Gasteiger partial charge < -0.3 is 9.52 Å². The van der Waals surface area contributed by atoms with Crippen LogP contribution in [0.15, 0.2) is 40.8 Å². The lowest BCUT2D eigenvalue weighted by Gasteiger charge is -2.02. The van der Waals surface area contributed by atoms with Crippen LogP contribution < -0.4 is 0 Å². The lowest BCUT2D eigenvalue weighted by atomic mass is 10.1. The van der Waals surface area contributed by atoms with Crippen molar-refractivity contribution in [1.29, 1.82) is 0 Å². The highest BCUT2D eigenvalue weighted by atomic mass is 35.5. The van der Waals surface area contributed by atoms with Crippen LogP contribution in [0.3, 0.4) is 0 Å². The highest BCUT2D eigenvalue weighted by Crippen LogP contribution is 2.37. The predicted molar refractivity (Wildman–Crippen MR) is 73.0 cm³/mol. The molecule has 0 saturated heterocycles. The lowest BCUT2D eigenvalue weighted by Crippen LogP contribution is -1.81. The number of phenols is 1. The third-order valence-corrected chi connectivity index (χ3v) is 3.33. The number of aromatic hydroxyl groups is 1. The van der Waals surface area contributed by atoms with Gasteiger partial charge in [-0.2, -0.15) is 0 Å². The summed E-state index contributed by atoms with van der Waals surface area (Å²) in [6.07, 6.45) is 0. The highest BCUT2D eigenvalue weighted by molar-refractivity contribution is 6.31. The molecule has 96 valence electrons. The van der Waals surface area contributed by atoms with Gasteiger partial charge in [-0.05, 0) is 24.6 Å². The van der Waals surface area contributed by atoms with Crippen molar-refractivity contribution in [3.05, 3.63) is 52.8 Å². The van der Waals surface area contributed by atoms with Gasteiger partial charge in [0.15, 0.2) is 0 Å². The van der Waals surface area contributed by atoms with E-state index < -0.39 is 5.82 Å². The number of benzene rings is 2. The molecule has 2 nitrogen and oxygen atoms in total. The average molecular weight is 277 g/mol. The molecular weight excluding hydrogens is 267 g/mol. The first-order valence-corrected chi connectivity index (χ1v) is 6.11. The molecule has 0 aliphatic carbocycles. The molecule has 3 rings (SSSR count). The lowest BCUT2D eigenvalue weighted by molar-refractivity contribution is 0.468. The Morgan fingerprint density at radius 2 is 2.00 bits per heavy atom. The molecule has 0 bridgehead atoms. The Kier molecular flexibility index (Phi) is 2.72. The molecule has 3 aromatic rings. The van der Waals surface area contributed by atoms with Crippen molar-refractivity contribution < 1.29 is 13.9 Å². The highest BCUT2D eigenvalue weighted by Gasteiger charge is 2.14. The average Bonchev–Trinajstić information content (AvgIpc) is 2.79. The molecule has 0 radical (unpaired) electrons. The number of phenolic OH excluding ortho intramolecular Hbond substituents is 1. The minimum atomic E-state index is -0.657. The van der Waals surface area contributed by atoms with Crippen LogP contribution in [0.4, 0.5) is 4.39 Å². The van der Waals surface area contributed by atoms with Gasteiger partial charge in [-0.15, -0.1) is 0 Å². The van der Waals surface area contributed by atoms with E-state index in [0.717, 1.165) is 22.6 Å². The van der Waals surface area contributed by atoms with Gasteiger partial charge in [0, 0.05) is 11.5 Å². The van der Waals surface area contributed by atoms with Crippen LogP contribution in [0.1, 0.15) is 5.56 Å². The summed E-state index contributed by atoms with van der Waals surface area (Å²) in [5.41, 5.74) is 2.12. The first-order valence-electron chi connectivity index (χ1n) is 5.74. The van der Waals surface area contributed by atoms with Gasteiger partial charge in [-0.3, -0.25) is 0 Å². The fourth-order valence-electron chi connectivity index (χ4n) is 2.08. The van der Waals surface area contributed by atoms with E-state index >= 15 is 0 Å². The molecule has 0 aliphatic rings. The quantitative estimate of drug-likeness (QED) is 0.685. The molecule has 19 heavy (non-hydrogen) atoms. The van der Waals surface area contributed by atoms with Gasteiger partial charge in [0.1, 0.15) is 22.9 Å². The maximum Gasteiger partial charge on any atom is 0.145 e. The van der Waals surface area contributed by atoms with E-state index in [4.69, 9.17) is 16.0 Å². The zero-order valence-corrected chi connectivity index (χ0v) is 10.8. The second-order valence-electron chi connectivity index (χ2n) is 4.39. The zero-order valence-electron chi connectivity index (χ0n) is 10.1. The fourth-order valence-corrected chi connectivity index (χ4v) is 2.24. The number of para-hydroxylation sites is 1. The molecule has 0 amide bonds. The number of hydrogen-bond donors (Lipinski definition) is 1. The monoisotopic (exact) mass is 276 g/mol. The number of aryl methyl sites for hydroxylation is 1. The molecule has 0 spiro atoms. The number of halogens is 2. The SMILES string of the molecule is Cc1cccc2cc(-c3cc(Cl)c(F)cc3O)oc12. The van der Waals surface area contributed by atoms with Crippen LogP contribution in [-0.2, 0) is 0 Å². The molecule has 0 fully saturated rings. The molecule has 0 aliphatic heterocycles. The topological polar surface area (TPSA) is 33.4 Å². The van der Waals surface area contributed by atoms with E-state index in [2.05, 4.69) is 0 Å². The van der Waals surface area contributed by atoms with Crippen LogP contribution in [0.2, 0.25) is 5.02 Å². The van der Waals surface area contributed by atoms with Crippen LogP contribution in [-0.4, -0.2) is 5.11 Å². The number of hydrogen-bond acceptors (Lipinski definition) is 2. The summed E-state index contributed by atoms with van der Waals surface area (Å²) in [5.74, 6) is -0.391. The molecule has 2 aromatic carbocycles. The van der Waals surface area contributed by atoms with E-state index in [1.165, 1.54) is 6.07 Å². The largest absolute Gasteiger partial charge is 0.507 e. The Bertz CT molecular complexity index is 777. The summed E-state index contributed by atoms with van der Waals surface area (Å²) in [6, 6.07) is 9.92. The van der Waals surface area contributed by atoms with Gasteiger partial charge in [-0.25, -0.2) is 4.39 Å². The van der Waals surface area contributed by atoms with Gasteiger partial charge in [0.05, 0.1) is 10.6 Å². The van der Waals surface area contributed by atoms with E-state index in [0.29, 0.717) is 11.3 Å². The van der Waals surface area contributed by atoms with Crippen LogP contribution in [0.25, 0.3) is 22.3 Å². The minimum Gasteiger partial charge on any atom is -0.507 e. The summed E-state index contributed by atoms with van der Waals surface area (Å²) in [5, 5.41) is 10.7. The summed E-state index contributed by atoms with van der Waals surface area (Å²) in [6.45, 7) is 1.94. The maximum absolute atomic E-state index is 13.2. The molecule has 0 unspecified atom stereocenters. The number of rotatable bonds is 1. The Morgan fingerprint density at radius 3 is 2.74 bits per heavy atom. The minimum absolute atomic E-state index is 0.0509. The van der Waals surface area contributed by atoms with Gasteiger partial charge in [0.2, 0.25) is 0 Å². The normalized spacial score (nSPS) is 11.1. The van der Waals surface area contributed by atoms with E-state index in [9.17, 15) is 9.50 Å². The zero-order chi connectivity index (χ0) is 13.6. The van der Waals surface area contributed by atoms with Crippen molar-refractivity contribution in [2.45, 2.75) is 6.92 Å². The maximum atomic E-state index is 13.2. The van der Waals surface area contributed by atoms with E-state index in [1.54, 1.807) is 6.07 Å². The molecule has 1 aromatic heterocycles. The van der Waals surface area contributed by atoms with Crippen LogP contribution >= 0.6 is 11.6 Å². The van der Waals surface area contributed by atoms with Crippen LogP contribution in [0.5, 0.6) is 5.75 Å². The van der Waals surface area contributed by atoms with E-state index in [1.807, 2.05) is 25.1 Å². The summed E-state index contributed by atoms with van der Waals surface area (Å²) in [4.78, 5) is 0. The van der Waals surface area contributed by atoms with Crippen LogP contribution in [0, 0.1) is 12.7 Å². The Hall–Kier alpha value is -2.00. The molecule has 4 heteroatoms. The molecule has 0 atom stereocenters. The Labute approximate surface area is 114 Å². The second-order valence-corrected chi connectivity index (χ2v) is 4.79. The molecule has 1 N–H and O–H groups in total. The first kappa shape index (κ1) is 12.1. The van der Waals surface area contributed by atoms with Gasteiger partial charge >= 0.3 is 0 Å². The van der Waals surface area contributed by atoms with Gasteiger partial charge in [0.25, 0.3) is 0 Å². The summed E-state index contributed by atoms with van der Waals surface area (Å²) in [7, 11) is 0. The predicted octanol–water partition coefficient (Wildman–Crippen LogP) is 4.91. The van der Waals surface area contributed by atoms with Crippen molar-refractivity contribution >= 4 is 22.6 Å². The molecule has 0 saturated carbocycles. The smallest absolute Gasteiger partial charge is 0.145 e. The number of furan rings is 1. The van der Waals surface area contributed by atoms with Crippen molar-refractivity contribution in [1.82, 2.24) is 0 Å². The van der Waals surface area contributed by atoms with Crippen molar-refractivity contribution in [3.63, 3.8) is 0 Å². The molecule has 1 heterocycles. The van der Waals surface area contributed by atoms with Crippen molar-refractivity contribution in [3.8, 4) is 17.1 Å². The first-order chi connectivity index (χ1) is 9.06. The third kappa shape index (κ3) is 1.96. The Morgan fingerprint density at radius 1 is 1.21 bits per heavy atom. The second kappa shape index (κ2) is 4.28. The summed E-state index contributed by atoms with van der Waals surface area (Å²) >= 11 is 5.74. The number of fused-ring (bicyclic) bond motifs is 1. The van der Waals surface area contributed by atoms with Crippen molar-refractivity contribution in [2.24, 2.45) is 0 Å². The summed E-state index contributed by atoms with van der Waals surface area (Å²) < 4.78 is 18.9. The van der Waals surface area contributed by atoms with E-state index in [-0.39, 0.29) is 10.8 Å². The Balaban J connectivity index is 2.25.